The smallest absolute Gasteiger partial charge is 0.163 e. The summed E-state index contributed by atoms with van der Waals surface area (Å²) >= 11 is 1.73. The minimum Gasteiger partial charge on any atom is -0.486 e. The van der Waals surface area contributed by atoms with Crippen molar-refractivity contribution in [2.24, 2.45) is 0 Å². The van der Waals surface area contributed by atoms with Crippen molar-refractivity contribution in [2.75, 3.05) is 18.5 Å². The standard InChI is InChI=1S/C20H15N3O2S.ClH/c1-3-13(19-5-2-8-26-19)9-14(4-1)23-20-15-10-17-18(25-7-6-24-17)11-16(15)21-12-22-20;/h1-5,8-12H,6-7H2,(H,21,22,23);1H. The highest BCUT2D eigenvalue weighted by atomic mass is 35.5. The maximum absolute atomic E-state index is 5.70. The van der Waals surface area contributed by atoms with Crippen LogP contribution < -0.4 is 14.8 Å². The van der Waals surface area contributed by atoms with Gasteiger partial charge in [-0.15, -0.1) is 23.7 Å². The lowest BCUT2D eigenvalue weighted by Gasteiger charge is -2.19. The van der Waals surface area contributed by atoms with Crippen molar-refractivity contribution < 1.29 is 9.47 Å². The molecule has 27 heavy (non-hydrogen) atoms. The Morgan fingerprint density at radius 3 is 2.59 bits per heavy atom. The number of nitrogens with one attached hydrogen (secondary N) is 1. The molecule has 1 aliphatic heterocycles. The van der Waals surface area contributed by atoms with E-state index in [4.69, 9.17) is 9.47 Å². The molecule has 5 rings (SSSR count). The van der Waals surface area contributed by atoms with Crippen LogP contribution in [0.1, 0.15) is 0 Å². The highest BCUT2D eigenvalue weighted by Gasteiger charge is 2.15. The number of thiophene rings is 1. The third kappa shape index (κ3) is 3.41. The third-order valence-electron chi connectivity index (χ3n) is 4.23. The van der Waals surface area contributed by atoms with Gasteiger partial charge in [-0.25, -0.2) is 9.97 Å². The molecule has 1 aliphatic rings. The van der Waals surface area contributed by atoms with Crippen molar-refractivity contribution in [1.82, 2.24) is 9.97 Å². The van der Waals surface area contributed by atoms with Gasteiger partial charge in [-0.05, 0) is 35.2 Å². The number of hydrogen-bond acceptors (Lipinski definition) is 6. The largest absolute Gasteiger partial charge is 0.486 e. The van der Waals surface area contributed by atoms with Crippen LogP contribution in [0.25, 0.3) is 21.3 Å². The average molecular weight is 398 g/mol. The molecule has 2 aromatic heterocycles. The Bertz CT molecular complexity index is 1090. The van der Waals surface area contributed by atoms with Crippen LogP contribution in [0.15, 0.2) is 60.2 Å². The van der Waals surface area contributed by atoms with Gasteiger partial charge < -0.3 is 14.8 Å². The summed E-state index contributed by atoms with van der Waals surface area (Å²) in [5.74, 6) is 2.21. The Hall–Kier alpha value is -2.83. The molecule has 0 saturated heterocycles. The molecule has 7 heteroatoms. The third-order valence-corrected chi connectivity index (χ3v) is 5.15. The number of rotatable bonds is 3. The lowest BCUT2D eigenvalue weighted by Crippen LogP contribution is -2.15. The molecule has 1 N–H and O–H groups in total. The summed E-state index contributed by atoms with van der Waals surface area (Å²) in [6, 6.07) is 16.3. The lowest BCUT2D eigenvalue weighted by molar-refractivity contribution is 0.172. The first-order valence-electron chi connectivity index (χ1n) is 8.32. The van der Waals surface area contributed by atoms with Crippen molar-refractivity contribution >= 4 is 46.2 Å². The first-order valence-corrected chi connectivity index (χ1v) is 9.20. The van der Waals surface area contributed by atoms with Crippen molar-refractivity contribution in [3.8, 4) is 21.9 Å². The molecule has 4 aromatic rings. The molecule has 0 fully saturated rings. The van der Waals surface area contributed by atoms with E-state index in [2.05, 4.69) is 44.9 Å². The maximum atomic E-state index is 5.70. The van der Waals surface area contributed by atoms with Crippen LogP contribution in [-0.2, 0) is 0 Å². The second-order valence-corrected chi connectivity index (χ2v) is 6.87. The molecule has 3 heterocycles. The van der Waals surface area contributed by atoms with Gasteiger partial charge in [0.1, 0.15) is 25.4 Å². The van der Waals surface area contributed by atoms with Gasteiger partial charge in [-0.1, -0.05) is 18.2 Å². The van der Waals surface area contributed by atoms with E-state index in [0.29, 0.717) is 13.2 Å². The summed E-state index contributed by atoms with van der Waals surface area (Å²) in [4.78, 5) is 10.0. The summed E-state index contributed by atoms with van der Waals surface area (Å²) in [5.41, 5.74) is 2.98. The Kier molecular flexibility index (Phi) is 4.83. The summed E-state index contributed by atoms with van der Waals surface area (Å²) in [6.45, 7) is 1.11. The van der Waals surface area contributed by atoms with Crippen molar-refractivity contribution in [2.45, 2.75) is 0 Å². The number of aromatic nitrogens is 2. The van der Waals surface area contributed by atoms with Gasteiger partial charge in [0.25, 0.3) is 0 Å². The van der Waals surface area contributed by atoms with Gasteiger partial charge >= 0.3 is 0 Å². The zero-order chi connectivity index (χ0) is 17.3. The van der Waals surface area contributed by atoms with E-state index >= 15 is 0 Å². The predicted molar refractivity (Wildman–Crippen MR) is 111 cm³/mol. The predicted octanol–water partition coefficient (Wildman–Crippen LogP) is 5.29. The molecule has 0 amide bonds. The SMILES string of the molecule is Cl.c1cc(Nc2ncnc3cc4c(cc23)OCCO4)cc(-c2cccs2)c1. The van der Waals surface area contributed by atoms with Crippen LogP contribution >= 0.6 is 23.7 Å². The molecule has 2 aromatic carbocycles. The maximum Gasteiger partial charge on any atom is 0.163 e. The number of benzene rings is 2. The highest BCUT2D eigenvalue weighted by Crippen LogP contribution is 2.36. The van der Waals surface area contributed by atoms with Crippen molar-refractivity contribution in [3.05, 3.63) is 60.2 Å². The normalized spacial score (nSPS) is 12.4. The Morgan fingerprint density at radius 1 is 0.926 bits per heavy atom. The number of hydrogen-bond donors (Lipinski definition) is 1. The van der Waals surface area contributed by atoms with Gasteiger partial charge in [-0.3, -0.25) is 0 Å². The summed E-state index contributed by atoms with van der Waals surface area (Å²) < 4.78 is 11.3. The molecule has 0 aliphatic carbocycles. The van der Waals surface area contributed by atoms with Gasteiger partial charge in [0.05, 0.1) is 5.52 Å². The van der Waals surface area contributed by atoms with Crippen molar-refractivity contribution in [1.29, 1.82) is 0 Å². The number of anilines is 2. The van der Waals surface area contributed by atoms with E-state index in [1.54, 1.807) is 17.7 Å². The quantitative estimate of drug-likeness (QED) is 0.508. The van der Waals surface area contributed by atoms with Crippen LogP contribution in [-0.4, -0.2) is 23.2 Å². The van der Waals surface area contributed by atoms with Crippen LogP contribution in [0.3, 0.4) is 0 Å². The zero-order valence-electron chi connectivity index (χ0n) is 14.2. The molecular formula is C20H16ClN3O2S. The fraction of sp³-hybridized carbons (Fsp3) is 0.100. The average Bonchev–Trinajstić information content (AvgIpc) is 3.22. The number of fused-ring (bicyclic) bond motifs is 2. The second kappa shape index (κ2) is 7.42. The molecule has 0 spiro atoms. The molecule has 5 nitrogen and oxygen atoms in total. The van der Waals surface area contributed by atoms with Gasteiger partial charge in [0, 0.05) is 22.0 Å². The minimum atomic E-state index is 0. The van der Waals surface area contributed by atoms with Gasteiger partial charge in [0.2, 0.25) is 0 Å². The van der Waals surface area contributed by atoms with E-state index in [0.717, 1.165) is 33.9 Å². The fourth-order valence-corrected chi connectivity index (χ4v) is 3.75. The Balaban J connectivity index is 0.00000180. The topological polar surface area (TPSA) is 56.3 Å². The lowest BCUT2D eigenvalue weighted by atomic mass is 10.1. The van der Waals surface area contributed by atoms with Crippen LogP contribution in [0.5, 0.6) is 11.5 Å². The molecule has 0 radical (unpaired) electrons. The minimum absolute atomic E-state index is 0. The van der Waals surface area contributed by atoms with E-state index in [9.17, 15) is 0 Å². The van der Waals surface area contributed by atoms with Gasteiger partial charge in [-0.2, -0.15) is 0 Å². The Labute approximate surface area is 166 Å². The molecular weight excluding hydrogens is 382 g/mol. The molecule has 0 atom stereocenters. The summed E-state index contributed by atoms with van der Waals surface area (Å²) in [6.07, 6.45) is 1.56. The summed E-state index contributed by atoms with van der Waals surface area (Å²) in [5, 5.41) is 6.40. The van der Waals surface area contributed by atoms with Crippen LogP contribution in [0.4, 0.5) is 11.5 Å². The molecule has 0 bridgehead atoms. The first kappa shape index (κ1) is 17.6. The van der Waals surface area contributed by atoms with Gasteiger partial charge in [0.15, 0.2) is 11.5 Å². The highest BCUT2D eigenvalue weighted by molar-refractivity contribution is 7.13. The summed E-state index contributed by atoms with van der Waals surface area (Å²) in [7, 11) is 0. The van der Waals surface area contributed by atoms with E-state index < -0.39 is 0 Å². The van der Waals surface area contributed by atoms with Crippen LogP contribution in [0, 0.1) is 0 Å². The van der Waals surface area contributed by atoms with E-state index in [1.807, 2.05) is 24.3 Å². The molecule has 0 saturated carbocycles. The fourth-order valence-electron chi connectivity index (χ4n) is 3.02. The molecule has 136 valence electrons. The monoisotopic (exact) mass is 397 g/mol. The van der Waals surface area contributed by atoms with E-state index in [-0.39, 0.29) is 12.4 Å². The van der Waals surface area contributed by atoms with Crippen LogP contribution in [0.2, 0.25) is 0 Å². The number of halogens is 1. The molecule has 0 unspecified atom stereocenters. The number of ether oxygens (including phenoxy) is 2. The first-order chi connectivity index (χ1) is 12.9. The van der Waals surface area contributed by atoms with E-state index in [1.165, 1.54) is 10.4 Å². The Morgan fingerprint density at radius 2 is 1.78 bits per heavy atom. The second-order valence-electron chi connectivity index (χ2n) is 5.92. The van der Waals surface area contributed by atoms with Crippen molar-refractivity contribution in [3.63, 3.8) is 0 Å². The number of nitrogens with zero attached hydrogens (tertiary/aromatic N) is 2. The zero-order valence-corrected chi connectivity index (χ0v) is 15.8.